The fourth-order valence-electron chi connectivity index (χ4n) is 3.52. The maximum absolute atomic E-state index is 11.6. The Kier molecular flexibility index (Phi) is 4.62. The average molecular weight is 381 g/mol. The van der Waals surface area contributed by atoms with Crippen LogP contribution in [0.2, 0.25) is 5.02 Å². The Morgan fingerprint density at radius 2 is 1.67 bits per heavy atom. The van der Waals surface area contributed by atoms with E-state index in [1.165, 1.54) is 5.56 Å². The summed E-state index contributed by atoms with van der Waals surface area (Å²) >= 11 is 6.03. The summed E-state index contributed by atoms with van der Waals surface area (Å²) in [6.45, 7) is 2.05. The van der Waals surface area contributed by atoms with Crippen molar-refractivity contribution in [3.8, 4) is 16.9 Å². The van der Waals surface area contributed by atoms with Gasteiger partial charge in [-0.25, -0.2) is 4.68 Å². The van der Waals surface area contributed by atoms with E-state index < -0.39 is 5.60 Å². The molecule has 1 fully saturated rings. The number of carbonyl (C=O) groups excluding carboxylic acids is 1. The molecular weight excluding hydrogens is 360 g/mol. The molecular formula is C22H21ClN2O2. The number of aromatic nitrogens is 2. The largest absolute Gasteiger partial charge is 0.383 e. The molecule has 0 radical (unpaired) electrons. The van der Waals surface area contributed by atoms with Crippen molar-refractivity contribution in [1.82, 2.24) is 9.78 Å². The molecule has 0 unspecified atom stereocenters. The summed E-state index contributed by atoms with van der Waals surface area (Å²) in [6, 6.07) is 17.6. The highest BCUT2D eigenvalue weighted by Crippen LogP contribution is 2.37. The zero-order valence-corrected chi connectivity index (χ0v) is 15.9. The van der Waals surface area contributed by atoms with Crippen LogP contribution in [0.5, 0.6) is 0 Å². The van der Waals surface area contributed by atoms with E-state index in [1.54, 1.807) is 0 Å². The highest BCUT2D eigenvalue weighted by molar-refractivity contribution is 6.30. The van der Waals surface area contributed by atoms with Gasteiger partial charge in [-0.05, 0) is 50.1 Å². The third kappa shape index (κ3) is 3.55. The lowest BCUT2D eigenvalue weighted by molar-refractivity contribution is -0.125. The second kappa shape index (κ2) is 6.95. The van der Waals surface area contributed by atoms with E-state index in [0.717, 1.165) is 16.9 Å². The molecule has 1 aliphatic rings. The smallest absolute Gasteiger partial charge is 0.133 e. The molecule has 1 saturated carbocycles. The minimum absolute atomic E-state index is 0.204. The monoisotopic (exact) mass is 380 g/mol. The summed E-state index contributed by atoms with van der Waals surface area (Å²) < 4.78 is 1.84. The van der Waals surface area contributed by atoms with Crippen LogP contribution in [-0.2, 0) is 10.4 Å². The number of rotatable bonds is 3. The average Bonchev–Trinajstić information content (AvgIpc) is 3.12. The Bertz CT molecular complexity index is 902. The SMILES string of the molecule is Cc1ccc(-c2cc(C3(O)CCC(=O)CC3)nn2-c2ccc(Cl)cc2)cc1. The first-order valence-corrected chi connectivity index (χ1v) is 9.50. The molecule has 0 atom stereocenters. The molecule has 1 aromatic heterocycles. The van der Waals surface area contributed by atoms with Crippen molar-refractivity contribution in [3.05, 3.63) is 70.9 Å². The number of nitrogens with zero attached hydrogens (tertiary/aromatic N) is 2. The topological polar surface area (TPSA) is 55.1 Å². The third-order valence-corrected chi connectivity index (χ3v) is 5.49. The molecule has 1 heterocycles. The zero-order chi connectivity index (χ0) is 19.0. The van der Waals surface area contributed by atoms with E-state index in [9.17, 15) is 9.90 Å². The summed E-state index contributed by atoms with van der Waals surface area (Å²) in [5, 5.41) is 16.5. The van der Waals surface area contributed by atoms with Crippen molar-refractivity contribution in [3.63, 3.8) is 0 Å². The van der Waals surface area contributed by atoms with Gasteiger partial charge in [-0.3, -0.25) is 4.79 Å². The fourth-order valence-corrected chi connectivity index (χ4v) is 3.64. The van der Waals surface area contributed by atoms with E-state index in [2.05, 4.69) is 24.3 Å². The van der Waals surface area contributed by atoms with Gasteiger partial charge >= 0.3 is 0 Å². The van der Waals surface area contributed by atoms with Crippen LogP contribution in [0.15, 0.2) is 54.6 Å². The Balaban J connectivity index is 1.83. The van der Waals surface area contributed by atoms with Crippen LogP contribution in [0.3, 0.4) is 0 Å². The number of Topliss-reactive ketones (excluding diaryl/α,β-unsaturated/α-hetero) is 1. The van der Waals surface area contributed by atoms with Crippen LogP contribution in [0.1, 0.15) is 36.9 Å². The molecule has 1 N–H and O–H groups in total. The molecule has 0 amide bonds. The molecule has 5 heteroatoms. The summed E-state index contributed by atoms with van der Waals surface area (Å²) in [7, 11) is 0. The van der Waals surface area contributed by atoms with E-state index in [-0.39, 0.29) is 5.78 Å². The van der Waals surface area contributed by atoms with Gasteiger partial charge in [0, 0.05) is 23.4 Å². The first kappa shape index (κ1) is 18.0. The van der Waals surface area contributed by atoms with Crippen molar-refractivity contribution in [2.45, 2.75) is 38.2 Å². The first-order valence-electron chi connectivity index (χ1n) is 9.12. The van der Waals surface area contributed by atoms with Crippen molar-refractivity contribution in [2.24, 2.45) is 0 Å². The van der Waals surface area contributed by atoms with E-state index in [0.29, 0.717) is 36.4 Å². The lowest BCUT2D eigenvalue weighted by atomic mass is 9.82. The number of aliphatic hydroxyl groups is 1. The minimum atomic E-state index is -1.06. The summed E-state index contributed by atoms with van der Waals surface area (Å²) in [5.74, 6) is 0.204. The fraction of sp³-hybridized carbons (Fsp3) is 0.273. The highest BCUT2D eigenvalue weighted by atomic mass is 35.5. The van der Waals surface area contributed by atoms with Gasteiger partial charge in [0.05, 0.1) is 17.1 Å². The van der Waals surface area contributed by atoms with Gasteiger partial charge in [-0.15, -0.1) is 0 Å². The van der Waals surface area contributed by atoms with Crippen LogP contribution in [0.4, 0.5) is 0 Å². The molecule has 27 heavy (non-hydrogen) atoms. The molecule has 1 aliphatic carbocycles. The van der Waals surface area contributed by atoms with E-state index in [1.807, 2.05) is 41.9 Å². The van der Waals surface area contributed by atoms with Crippen molar-refractivity contribution >= 4 is 17.4 Å². The lowest BCUT2D eigenvalue weighted by Gasteiger charge is -2.29. The van der Waals surface area contributed by atoms with Gasteiger partial charge in [-0.1, -0.05) is 41.4 Å². The van der Waals surface area contributed by atoms with Crippen LogP contribution in [0.25, 0.3) is 16.9 Å². The molecule has 0 spiro atoms. The van der Waals surface area contributed by atoms with Crippen LogP contribution < -0.4 is 0 Å². The molecule has 4 rings (SSSR count). The molecule has 0 aliphatic heterocycles. The number of hydrogen-bond donors (Lipinski definition) is 1. The maximum Gasteiger partial charge on any atom is 0.133 e. The van der Waals surface area contributed by atoms with Gasteiger partial charge in [0.25, 0.3) is 0 Å². The Morgan fingerprint density at radius 3 is 2.30 bits per heavy atom. The summed E-state index contributed by atoms with van der Waals surface area (Å²) in [5.41, 5.74) is 3.52. The number of ketones is 1. The second-order valence-corrected chi connectivity index (χ2v) is 7.68. The van der Waals surface area contributed by atoms with Crippen LogP contribution >= 0.6 is 11.6 Å². The van der Waals surface area contributed by atoms with Gasteiger partial charge in [0.15, 0.2) is 0 Å². The number of benzene rings is 2. The normalized spacial score (nSPS) is 16.5. The van der Waals surface area contributed by atoms with Gasteiger partial charge in [0.2, 0.25) is 0 Å². The minimum Gasteiger partial charge on any atom is -0.383 e. The van der Waals surface area contributed by atoms with Crippen molar-refractivity contribution < 1.29 is 9.90 Å². The quantitative estimate of drug-likeness (QED) is 0.707. The third-order valence-electron chi connectivity index (χ3n) is 5.24. The maximum atomic E-state index is 11.6. The lowest BCUT2D eigenvalue weighted by Crippen LogP contribution is -2.32. The number of halogens is 1. The Labute approximate surface area is 163 Å². The molecule has 4 nitrogen and oxygen atoms in total. The number of hydrogen-bond acceptors (Lipinski definition) is 3. The number of aryl methyl sites for hydroxylation is 1. The predicted molar refractivity (Wildman–Crippen MR) is 106 cm³/mol. The predicted octanol–water partition coefficient (Wildman–Crippen LogP) is 4.83. The van der Waals surface area contributed by atoms with Gasteiger partial charge in [0.1, 0.15) is 11.4 Å². The Hall–Kier alpha value is -2.43. The standard InChI is InChI=1S/C22H21ClN2O2/c1-15-2-4-16(5-3-15)20-14-21(22(27)12-10-19(26)11-13-22)24-25(20)18-8-6-17(23)7-9-18/h2-9,14,27H,10-13H2,1H3. The van der Waals surface area contributed by atoms with Crippen LogP contribution in [-0.4, -0.2) is 20.7 Å². The van der Waals surface area contributed by atoms with Crippen LogP contribution in [0, 0.1) is 6.92 Å². The van der Waals surface area contributed by atoms with Crippen molar-refractivity contribution in [2.75, 3.05) is 0 Å². The zero-order valence-electron chi connectivity index (χ0n) is 15.2. The first-order chi connectivity index (χ1) is 12.9. The number of carbonyl (C=O) groups is 1. The second-order valence-electron chi connectivity index (χ2n) is 7.24. The summed E-state index contributed by atoms with van der Waals surface area (Å²) in [6.07, 6.45) is 1.61. The highest BCUT2D eigenvalue weighted by Gasteiger charge is 2.37. The van der Waals surface area contributed by atoms with Gasteiger partial charge in [-0.2, -0.15) is 5.10 Å². The molecule has 0 bridgehead atoms. The molecule has 138 valence electrons. The van der Waals surface area contributed by atoms with E-state index >= 15 is 0 Å². The molecule has 3 aromatic rings. The molecule has 0 saturated heterocycles. The van der Waals surface area contributed by atoms with Crippen molar-refractivity contribution in [1.29, 1.82) is 0 Å². The van der Waals surface area contributed by atoms with E-state index in [4.69, 9.17) is 16.7 Å². The summed E-state index contributed by atoms with van der Waals surface area (Å²) in [4.78, 5) is 11.6. The molecule has 2 aromatic carbocycles. The van der Waals surface area contributed by atoms with Gasteiger partial charge < -0.3 is 5.11 Å². The Morgan fingerprint density at radius 1 is 1.04 bits per heavy atom.